The van der Waals surface area contributed by atoms with Gasteiger partial charge in [-0.3, -0.25) is 9.59 Å². The van der Waals surface area contributed by atoms with Crippen LogP contribution in [-0.2, 0) is 16.2 Å². The maximum Gasteiger partial charge on any atom is 0.246 e. The Balaban J connectivity index is 0.00000280. The number of nitrogen functional groups attached to an aromatic ring is 1. The number of ether oxygens (including phenoxy) is 1. The van der Waals surface area contributed by atoms with E-state index in [2.05, 4.69) is 10.3 Å². The van der Waals surface area contributed by atoms with Crippen molar-refractivity contribution in [1.29, 1.82) is 0 Å². The molecular weight excluding hydrogens is 594 g/mol. The number of pyridine rings is 1. The van der Waals surface area contributed by atoms with Gasteiger partial charge in [-0.05, 0) is 55.0 Å². The van der Waals surface area contributed by atoms with Gasteiger partial charge >= 0.3 is 0 Å². The second kappa shape index (κ2) is 14.8. The first-order chi connectivity index (χ1) is 18.2. The van der Waals surface area contributed by atoms with E-state index in [0.717, 1.165) is 22.2 Å². The fourth-order valence-corrected chi connectivity index (χ4v) is 4.32. The number of halogens is 4. The Morgan fingerprint density at radius 3 is 2.48 bits per heavy atom. The first kappa shape index (κ1) is 32.7. The molecule has 2 amide bonds. The van der Waals surface area contributed by atoms with Crippen LogP contribution in [0.3, 0.4) is 0 Å². The Morgan fingerprint density at radius 1 is 1.02 bits per heavy atom. The van der Waals surface area contributed by atoms with E-state index in [9.17, 15) is 9.59 Å². The number of benzene rings is 3. The molecule has 0 bridgehead atoms. The molecule has 0 aliphatic rings. The molecule has 4 rings (SSSR count). The number of hydrogen-bond acceptors (Lipinski definition) is 5. The highest BCUT2D eigenvalue weighted by molar-refractivity contribution is 6.38. The molecule has 0 saturated carbocycles. The third kappa shape index (κ3) is 8.02. The van der Waals surface area contributed by atoms with E-state index in [1.807, 2.05) is 37.3 Å². The van der Waals surface area contributed by atoms with Crippen LogP contribution in [-0.4, -0.2) is 30.4 Å². The highest BCUT2D eigenvalue weighted by Crippen LogP contribution is 2.35. The number of rotatable bonds is 8. The maximum atomic E-state index is 12.8. The Kier molecular flexibility index (Phi) is 12.1. The Labute approximate surface area is 255 Å². The molecule has 1 aromatic heterocycles. The molecule has 11 heteroatoms. The van der Waals surface area contributed by atoms with Crippen LogP contribution in [0.25, 0.3) is 17.0 Å². The quantitative estimate of drug-likeness (QED) is 0.170. The van der Waals surface area contributed by atoms with Gasteiger partial charge in [-0.15, -0.1) is 24.8 Å². The predicted octanol–water partition coefficient (Wildman–Crippen LogP) is 6.65. The summed E-state index contributed by atoms with van der Waals surface area (Å²) in [5.41, 5.74) is 9.71. The van der Waals surface area contributed by atoms with Crippen LogP contribution in [0.15, 0.2) is 72.8 Å². The summed E-state index contributed by atoms with van der Waals surface area (Å²) in [5.74, 6) is -0.161. The van der Waals surface area contributed by atoms with Crippen LogP contribution in [0.2, 0.25) is 10.0 Å². The fraction of sp³-hybridized carbons (Fsp3) is 0.138. The van der Waals surface area contributed by atoms with Crippen molar-refractivity contribution in [3.63, 3.8) is 0 Å². The van der Waals surface area contributed by atoms with Gasteiger partial charge in [-0.25, -0.2) is 4.98 Å². The summed E-state index contributed by atoms with van der Waals surface area (Å²) in [6, 6.07) is 20.0. The van der Waals surface area contributed by atoms with Crippen LogP contribution >= 0.6 is 48.0 Å². The molecule has 210 valence electrons. The lowest BCUT2D eigenvalue weighted by Crippen LogP contribution is -2.37. The van der Waals surface area contributed by atoms with E-state index < -0.39 is 5.91 Å². The first-order valence-corrected chi connectivity index (χ1v) is 12.5. The van der Waals surface area contributed by atoms with E-state index in [1.54, 1.807) is 49.5 Å². The summed E-state index contributed by atoms with van der Waals surface area (Å²) in [6.45, 7) is 1.78. The number of nitrogens with two attached hydrogens (primary N) is 1. The van der Waals surface area contributed by atoms with Gasteiger partial charge in [0.25, 0.3) is 0 Å². The Morgan fingerprint density at radius 2 is 1.75 bits per heavy atom. The molecule has 0 fully saturated rings. The lowest BCUT2D eigenvalue weighted by Gasteiger charge is -2.21. The largest absolute Gasteiger partial charge is 0.487 e. The van der Waals surface area contributed by atoms with Crippen LogP contribution in [0.4, 0.5) is 11.4 Å². The number of nitrogens with one attached hydrogen (secondary N) is 1. The summed E-state index contributed by atoms with van der Waals surface area (Å²) in [7, 11) is 1.58. The average molecular weight is 622 g/mol. The zero-order valence-corrected chi connectivity index (χ0v) is 24.8. The van der Waals surface area contributed by atoms with Gasteiger partial charge in [-0.1, -0.05) is 53.5 Å². The highest BCUT2D eigenvalue weighted by atomic mass is 35.5. The van der Waals surface area contributed by atoms with E-state index in [4.69, 9.17) is 33.7 Å². The highest BCUT2D eigenvalue weighted by Gasteiger charge is 2.19. The zero-order chi connectivity index (χ0) is 27.2. The van der Waals surface area contributed by atoms with Crippen LogP contribution in [0.5, 0.6) is 5.75 Å². The van der Waals surface area contributed by atoms with Gasteiger partial charge in [-0.2, -0.15) is 0 Å². The van der Waals surface area contributed by atoms with E-state index >= 15 is 0 Å². The minimum absolute atomic E-state index is 0. The molecule has 7 nitrogen and oxygen atoms in total. The molecule has 0 aliphatic heterocycles. The third-order valence-electron chi connectivity index (χ3n) is 5.87. The minimum Gasteiger partial charge on any atom is -0.487 e. The van der Waals surface area contributed by atoms with Crippen molar-refractivity contribution in [1.82, 2.24) is 10.3 Å². The van der Waals surface area contributed by atoms with Crippen LogP contribution < -0.4 is 20.7 Å². The molecule has 4 aromatic rings. The summed E-state index contributed by atoms with van der Waals surface area (Å²) < 4.78 is 6.06. The van der Waals surface area contributed by atoms with Crippen molar-refractivity contribution in [3.8, 4) is 5.75 Å². The molecular formula is C29H28Cl4N4O3. The van der Waals surface area contributed by atoms with Gasteiger partial charge in [0.2, 0.25) is 11.8 Å². The Bertz CT molecular complexity index is 1530. The molecule has 3 N–H and O–H groups in total. The molecule has 3 aromatic carbocycles. The Hall–Kier alpha value is -3.49. The van der Waals surface area contributed by atoms with E-state index in [-0.39, 0.29) is 48.9 Å². The summed E-state index contributed by atoms with van der Waals surface area (Å²) in [6.07, 6.45) is 2.99. The van der Waals surface area contributed by atoms with Crippen LogP contribution in [0, 0.1) is 6.92 Å². The predicted molar refractivity (Wildman–Crippen MR) is 168 cm³/mol. The van der Waals surface area contributed by atoms with Crippen molar-refractivity contribution in [2.75, 3.05) is 24.2 Å². The molecule has 0 unspecified atom stereocenters. The number of amides is 2. The number of para-hydroxylation sites is 1. The van der Waals surface area contributed by atoms with Crippen molar-refractivity contribution in [3.05, 3.63) is 99.7 Å². The number of anilines is 2. The van der Waals surface area contributed by atoms with Gasteiger partial charge in [0.05, 0.1) is 17.3 Å². The number of aryl methyl sites for hydroxylation is 1. The summed E-state index contributed by atoms with van der Waals surface area (Å²) in [4.78, 5) is 30.9. The first-order valence-electron chi connectivity index (χ1n) is 11.8. The van der Waals surface area contributed by atoms with Gasteiger partial charge in [0, 0.05) is 40.5 Å². The van der Waals surface area contributed by atoms with Crippen molar-refractivity contribution in [2.45, 2.75) is 13.5 Å². The number of fused-ring (bicyclic) bond motifs is 1. The SMILES string of the molecule is Cc1ccc2cccc(OCc3c(Cl)ccc(N(C)C(=O)CNC(=O)/C=C/c4ccc(N)cc4)c3Cl)c2n1.Cl.Cl. The zero-order valence-electron chi connectivity index (χ0n) is 21.7. The number of carbonyl (C=O) groups excluding carboxylic acids is 2. The number of hydrogen-bond donors (Lipinski definition) is 2. The fourth-order valence-electron chi connectivity index (χ4n) is 3.71. The van der Waals surface area contributed by atoms with Gasteiger partial charge in [0.1, 0.15) is 17.9 Å². The van der Waals surface area contributed by atoms with Gasteiger partial charge in [0.15, 0.2) is 0 Å². The number of likely N-dealkylation sites (N-methyl/N-ethyl adjacent to an activating group) is 1. The minimum atomic E-state index is -0.404. The molecule has 0 atom stereocenters. The van der Waals surface area contributed by atoms with Crippen molar-refractivity contribution >= 4 is 88.2 Å². The van der Waals surface area contributed by atoms with Crippen LogP contribution in [0.1, 0.15) is 16.8 Å². The van der Waals surface area contributed by atoms with Gasteiger partial charge < -0.3 is 20.7 Å². The second-order valence-electron chi connectivity index (χ2n) is 8.60. The summed E-state index contributed by atoms with van der Waals surface area (Å²) in [5, 5.41) is 4.23. The van der Waals surface area contributed by atoms with Crippen molar-refractivity contribution < 1.29 is 14.3 Å². The standard InChI is InChI=1S/C29H26Cl2N4O3.2ClH/c1-18-6-10-20-4-3-5-25(29(20)34-18)38-17-22-23(30)13-14-24(28(22)31)35(2)27(37)16-33-26(36)15-9-19-7-11-21(32)12-8-19;;/h3-15H,16-17,32H2,1-2H3,(H,33,36);2*1H/b15-9+;;. The van der Waals surface area contributed by atoms with Crippen molar-refractivity contribution in [2.24, 2.45) is 0 Å². The number of nitrogens with zero attached hydrogens (tertiary/aromatic N) is 2. The monoisotopic (exact) mass is 620 g/mol. The number of carbonyl (C=O) groups is 2. The molecule has 40 heavy (non-hydrogen) atoms. The lowest BCUT2D eigenvalue weighted by molar-refractivity contribution is -0.122. The topological polar surface area (TPSA) is 97.5 Å². The maximum absolute atomic E-state index is 12.8. The molecule has 1 heterocycles. The average Bonchev–Trinajstić information content (AvgIpc) is 2.91. The summed E-state index contributed by atoms with van der Waals surface area (Å²) >= 11 is 13.1. The normalized spacial score (nSPS) is 10.5. The second-order valence-corrected chi connectivity index (χ2v) is 9.38. The molecule has 0 spiro atoms. The van der Waals surface area contributed by atoms with E-state index in [1.165, 1.54) is 11.0 Å². The molecule has 0 radical (unpaired) electrons. The third-order valence-corrected chi connectivity index (χ3v) is 6.65. The molecule has 0 saturated heterocycles. The number of aromatic nitrogens is 1. The lowest BCUT2D eigenvalue weighted by atomic mass is 10.1. The van der Waals surface area contributed by atoms with E-state index in [0.29, 0.717) is 27.7 Å². The smallest absolute Gasteiger partial charge is 0.246 e. The molecule has 0 aliphatic carbocycles.